The number of rotatable bonds is 8. The van der Waals surface area contributed by atoms with Gasteiger partial charge in [-0.2, -0.15) is 13.2 Å². The summed E-state index contributed by atoms with van der Waals surface area (Å²) in [7, 11) is -3.81. The molecule has 1 amide bonds. The lowest BCUT2D eigenvalue weighted by Gasteiger charge is -2.31. The Morgan fingerprint density at radius 3 is 2.07 bits per heavy atom. The van der Waals surface area contributed by atoms with Crippen molar-refractivity contribution in [2.24, 2.45) is 0 Å². The van der Waals surface area contributed by atoms with E-state index in [0.717, 1.165) is 37.4 Å². The van der Waals surface area contributed by atoms with Gasteiger partial charge in [-0.15, -0.1) is 0 Å². The van der Waals surface area contributed by atoms with E-state index in [2.05, 4.69) is 14.9 Å². The molecule has 0 atom stereocenters. The van der Waals surface area contributed by atoms with E-state index in [1.165, 1.54) is 0 Å². The molecule has 0 saturated carbocycles. The number of nitrogens with zero attached hydrogens (tertiary/aromatic N) is 2. The van der Waals surface area contributed by atoms with Crippen LogP contribution in [0.3, 0.4) is 0 Å². The second kappa shape index (κ2) is 14.0. The predicted molar refractivity (Wildman–Crippen MR) is 149 cm³/mol. The SMILES string of the molecule is CCN(Cc1ccccc1)C(=O)c1ccc(N2CCNCC2)c(NS(=O)(=O)c2ccccc2)c1.O=C(O)C(F)(F)F. The Morgan fingerprint density at radius 1 is 0.976 bits per heavy atom. The van der Waals surface area contributed by atoms with Crippen LogP contribution in [0, 0.1) is 0 Å². The Kier molecular flexibility index (Phi) is 10.7. The maximum Gasteiger partial charge on any atom is 0.490 e. The van der Waals surface area contributed by atoms with Gasteiger partial charge in [-0.25, -0.2) is 13.2 Å². The number of sulfonamides is 1. The molecule has 1 heterocycles. The third kappa shape index (κ3) is 8.95. The lowest BCUT2D eigenvalue weighted by atomic mass is 10.1. The molecule has 41 heavy (non-hydrogen) atoms. The van der Waals surface area contributed by atoms with Crippen molar-refractivity contribution in [2.45, 2.75) is 24.5 Å². The zero-order chi connectivity index (χ0) is 30.0. The molecule has 0 spiro atoms. The van der Waals surface area contributed by atoms with Crippen molar-refractivity contribution >= 4 is 33.3 Å². The van der Waals surface area contributed by atoms with Crippen molar-refractivity contribution < 1.29 is 36.3 Å². The second-order valence-corrected chi connectivity index (χ2v) is 10.7. The molecular formula is C28H31F3N4O5S. The summed E-state index contributed by atoms with van der Waals surface area (Å²) in [6, 6.07) is 23.4. The normalized spacial score (nSPS) is 13.5. The molecule has 1 aliphatic heterocycles. The van der Waals surface area contributed by atoms with Gasteiger partial charge >= 0.3 is 12.1 Å². The number of carboxylic acid groups (broad SMARTS) is 1. The third-order valence-electron chi connectivity index (χ3n) is 6.13. The van der Waals surface area contributed by atoms with Gasteiger partial charge in [0.05, 0.1) is 16.3 Å². The Hall–Kier alpha value is -4.10. The number of hydrogen-bond acceptors (Lipinski definition) is 6. The minimum Gasteiger partial charge on any atom is -0.475 e. The van der Waals surface area contributed by atoms with Crippen LogP contribution in [0.1, 0.15) is 22.8 Å². The van der Waals surface area contributed by atoms with Gasteiger partial charge in [-0.3, -0.25) is 9.52 Å². The summed E-state index contributed by atoms with van der Waals surface area (Å²) in [6.07, 6.45) is -5.08. The number of carbonyl (C=O) groups is 2. The summed E-state index contributed by atoms with van der Waals surface area (Å²) < 4.78 is 60.7. The van der Waals surface area contributed by atoms with Gasteiger partial charge in [-0.1, -0.05) is 48.5 Å². The molecule has 220 valence electrons. The monoisotopic (exact) mass is 592 g/mol. The van der Waals surface area contributed by atoms with Gasteiger partial charge in [0.2, 0.25) is 0 Å². The molecule has 0 aromatic heterocycles. The number of amides is 1. The van der Waals surface area contributed by atoms with E-state index in [1.54, 1.807) is 47.4 Å². The molecule has 0 bridgehead atoms. The lowest BCUT2D eigenvalue weighted by Crippen LogP contribution is -2.43. The fourth-order valence-corrected chi connectivity index (χ4v) is 5.14. The maximum absolute atomic E-state index is 13.4. The first-order valence-electron chi connectivity index (χ1n) is 12.7. The standard InChI is InChI=1S/C26H30N4O3S.C2HF3O2/c1-2-29(20-21-9-5-3-6-10-21)26(31)22-13-14-25(30-17-15-27-16-18-30)24(19-22)28-34(32,33)23-11-7-4-8-12-23;3-2(4,5)1(6)7/h3-14,19,27-28H,2,15-18,20H2,1H3;(H,6,7). The minimum atomic E-state index is -5.08. The molecule has 3 N–H and O–H groups in total. The Labute approximate surface area is 236 Å². The predicted octanol–water partition coefficient (Wildman–Crippen LogP) is 4.19. The average molecular weight is 593 g/mol. The van der Waals surface area contributed by atoms with E-state index in [0.29, 0.717) is 24.3 Å². The van der Waals surface area contributed by atoms with Crippen molar-refractivity contribution in [2.75, 3.05) is 42.3 Å². The number of hydrogen-bond donors (Lipinski definition) is 3. The average Bonchev–Trinajstić information content (AvgIpc) is 2.96. The molecule has 4 rings (SSSR count). The van der Waals surface area contributed by atoms with Gasteiger partial charge in [-0.05, 0) is 42.8 Å². The molecule has 0 aliphatic carbocycles. The fraction of sp³-hybridized carbons (Fsp3) is 0.286. The molecule has 9 nitrogen and oxygen atoms in total. The molecule has 1 aliphatic rings. The van der Waals surface area contributed by atoms with E-state index >= 15 is 0 Å². The summed E-state index contributed by atoms with van der Waals surface area (Å²) in [4.78, 5) is 26.3. The first-order valence-corrected chi connectivity index (χ1v) is 14.2. The molecule has 3 aromatic rings. The smallest absolute Gasteiger partial charge is 0.475 e. The van der Waals surface area contributed by atoms with Crippen LogP contribution in [0.4, 0.5) is 24.5 Å². The minimum absolute atomic E-state index is 0.140. The van der Waals surface area contributed by atoms with Crippen molar-refractivity contribution in [3.8, 4) is 0 Å². The van der Waals surface area contributed by atoms with Crippen molar-refractivity contribution in [3.05, 3.63) is 90.0 Å². The topological polar surface area (TPSA) is 119 Å². The van der Waals surface area contributed by atoms with Crippen LogP contribution < -0.4 is 14.9 Å². The van der Waals surface area contributed by atoms with Gasteiger partial charge < -0.3 is 20.2 Å². The summed E-state index contributed by atoms with van der Waals surface area (Å²) in [5, 5.41) is 10.4. The Bertz CT molecular complexity index is 1420. The summed E-state index contributed by atoms with van der Waals surface area (Å²) in [5.74, 6) is -2.90. The number of carboxylic acids is 1. The quantitative estimate of drug-likeness (QED) is 0.359. The zero-order valence-electron chi connectivity index (χ0n) is 22.3. The van der Waals surface area contributed by atoms with Gasteiger partial charge in [0, 0.05) is 44.8 Å². The summed E-state index contributed by atoms with van der Waals surface area (Å²) in [5.41, 5.74) is 2.67. The highest BCUT2D eigenvalue weighted by atomic mass is 32.2. The van der Waals surface area contributed by atoms with E-state index in [4.69, 9.17) is 9.90 Å². The van der Waals surface area contributed by atoms with Crippen LogP contribution in [-0.2, 0) is 21.4 Å². The van der Waals surface area contributed by atoms with Crippen molar-refractivity contribution in [1.82, 2.24) is 10.2 Å². The van der Waals surface area contributed by atoms with E-state index in [1.807, 2.05) is 43.3 Å². The largest absolute Gasteiger partial charge is 0.490 e. The van der Waals surface area contributed by atoms with Crippen LogP contribution in [0.2, 0.25) is 0 Å². The summed E-state index contributed by atoms with van der Waals surface area (Å²) >= 11 is 0. The van der Waals surface area contributed by atoms with Gasteiger partial charge in [0.1, 0.15) is 0 Å². The highest BCUT2D eigenvalue weighted by Gasteiger charge is 2.38. The molecule has 1 fully saturated rings. The molecule has 0 radical (unpaired) electrons. The summed E-state index contributed by atoms with van der Waals surface area (Å²) in [6.45, 7) is 6.09. The molecule has 0 unspecified atom stereocenters. The number of halogens is 3. The fourth-order valence-electron chi connectivity index (χ4n) is 4.05. The molecular weight excluding hydrogens is 561 g/mol. The van der Waals surface area contributed by atoms with Crippen LogP contribution in [0.25, 0.3) is 0 Å². The van der Waals surface area contributed by atoms with Gasteiger partial charge in [0.15, 0.2) is 0 Å². The Morgan fingerprint density at radius 2 is 1.54 bits per heavy atom. The first kappa shape index (κ1) is 31.4. The number of carbonyl (C=O) groups excluding carboxylic acids is 1. The molecule has 13 heteroatoms. The first-order chi connectivity index (χ1) is 19.4. The lowest BCUT2D eigenvalue weighted by molar-refractivity contribution is -0.192. The van der Waals surface area contributed by atoms with Crippen LogP contribution in [0.15, 0.2) is 83.8 Å². The van der Waals surface area contributed by atoms with Crippen LogP contribution in [-0.4, -0.2) is 69.2 Å². The highest BCUT2D eigenvalue weighted by molar-refractivity contribution is 7.92. The van der Waals surface area contributed by atoms with Crippen molar-refractivity contribution in [3.63, 3.8) is 0 Å². The number of piperazine rings is 1. The van der Waals surface area contributed by atoms with E-state index in [9.17, 15) is 26.4 Å². The number of aliphatic carboxylic acids is 1. The third-order valence-corrected chi connectivity index (χ3v) is 7.51. The molecule has 1 saturated heterocycles. The molecule has 3 aromatic carbocycles. The van der Waals surface area contributed by atoms with Crippen LogP contribution >= 0.6 is 0 Å². The number of alkyl halides is 3. The maximum atomic E-state index is 13.4. The van der Waals surface area contributed by atoms with Crippen LogP contribution in [0.5, 0.6) is 0 Å². The number of nitrogens with one attached hydrogen (secondary N) is 2. The zero-order valence-corrected chi connectivity index (χ0v) is 23.1. The highest BCUT2D eigenvalue weighted by Crippen LogP contribution is 2.30. The number of benzene rings is 3. The van der Waals surface area contributed by atoms with E-state index in [-0.39, 0.29) is 10.8 Å². The second-order valence-electron chi connectivity index (χ2n) is 9.00. The van der Waals surface area contributed by atoms with Gasteiger partial charge in [0.25, 0.3) is 15.9 Å². The van der Waals surface area contributed by atoms with E-state index < -0.39 is 22.2 Å². The number of anilines is 2. The van der Waals surface area contributed by atoms with Crippen molar-refractivity contribution in [1.29, 1.82) is 0 Å². The Balaban J connectivity index is 0.000000587.